The number of carbonyl (C=O) groups excluding carboxylic acids is 1. The van der Waals surface area contributed by atoms with Gasteiger partial charge in [0.2, 0.25) is 0 Å². The first-order chi connectivity index (χ1) is 8.38. The lowest BCUT2D eigenvalue weighted by atomic mass is 10.4. The van der Waals surface area contributed by atoms with Gasteiger partial charge in [0, 0.05) is 20.2 Å². The molecule has 0 aliphatic heterocycles. The Morgan fingerprint density at radius 1 is 1.33 bits per heavy atom. The molecule has 1 N–H and O–H groups in total. The van der Waals surface area contributed by atoms with Crippen molar-refractivity contribution >= 4 is 17.5 Å². The van der Waals surface area contributed by atoms with Gasteiger partial charge in [0.25, 0.3) is 5.56 Å². The molecule has 0 aliphatic carbocycles. The van der Waals surface area contributed by atoms with Crippen molar-refractivity contribution in [1.29, 1.82) is 0 Å². The molecule has 0 saturated carbocycles. The molecule has 18 heavy (non-hydrogen) atoms. The average molecular weight is 254 g/mol. The number of rotatable bonds is 3. The topological polar surface area (TPSA) is 94.7 Å². The van der Waals surface area contributed by atoms with Gasteiger partial charge in [-0.05, 0) is 6.92 Å². The molecule has 1 heterocycles. The fourth-order valence-corrected chi connectivity index (χ4v) is 1.17. The maximum Gasteiger partial charge on any atom is 0.353 e. The zero-order valence-corrected chi connectivity index (χ0v) is 10.6. The van der Waals surface area contributed by atoms with Gasteiger partial charge in [-0.25, -0.2) is 9.59 Å². The summed E-state index contributed by atoms with van der Waals surface area (Å²) in [5, 5.41) is 3.72. The highest BCUT2D eigenvalue weighted by atomic mass is 16.5. The first-order valence-corrected chi connectivity index (χ1v) is 5.04. The molecule has 0 radical (unpaired) electrons. The summed E-state index contributed by atoms with van der Waals surface area (Å²) in [5.41, 5.74) is 1.59. The van der Waals surface area contributed by atoms with Crippen molar-refractivity contribution in [1.82, 2.24) is 9.13 Å². The van der Waals surface area contributed by atoms with Gasteiger partial charge in [-0.2, -0.15) is 5.10 Å². The number of ether oxygens (including phenoxy) is 1. The molecular weight excluding hydrogens is 240 g/mol. The highest BCUT2D eigenvalue weighted by Crippen LogP contribution is 1.98. The molecule has 0 aromatic carbocycles. The highest BCUT2D eigenvalue weighted by molar-refractivity contribution is 6.35. The smallest absolute Gasteiger partial charge is 0.353 e. The molecule has 8 heteroatoms. The van der Waals surface area contributed by atoms with Crippen molar-refractivity contribution in [2.24, 2.45) is 19.2 Å². The van der Waals surface area contributed by atoms with Crippen LogP contribution in [0, 0.1) is 0 Å². The lowest BCUT2D eigenvalue weighted by Crippen LogP contribution is -2.37. The molecule has 0 amide bonds. The van der Waals surface area contributed by atoms with E-state index in [0.717, 1.165) is 4.57 Å². The molecule has 0 fully saturated rings. The number of anilines is 1. The summed E-state index contributed by atoms with van der Waals surface area (Å²) in [7, 11) is 4.08. The minimum absolute atomic E-state index is 0.0747. The van der Waals surface area contributed by atoms with Crippen LogP contribution in [0.1, 0.15) is 6.92 Å². The molecule has 0 aliphatic rings. The van der Waals surface area contributed by atoms with Crippen molar-refractivity contribution in [2.75, 3.05) is 12.5 Å². The van der Waals surface area contributed by atoms with Crippen molar-refractivity contribution < 1.29 is 9.53 Å². The largest absolute Gasteiger partial charge is 0.464 e. The Hall–Kier alpha value is -2.38. The van der Waals surface area contributed by atoms with Crippen LogP contribution in [0.2, 0.25) is 0 Å². The van der Waals surface area contributed by atoms with Crippen molar-refractivity contribution in [2.45, 2.75) is 6.92 Å². The molecule has 1 rings (SSSR count). The molecule has 8 nitrogen and oxygen atoms in total. The monoisotopic (exact) mass is 254 g/mol. The van der Waals surface area contributed by atoms with Crippen LogP contribution in [0.5, 0.6) is 0 Å². The first-order valence-electron chi connectivity index (χ1n) is 5.04. The Balaban J connectivity index is 3.11. The number of aromatic nitrogens is 2. The van der Waals surface area contributed by atoms with E-state index in [-0.39, 0.29) is 11.5 Å². The second kappa shape index (κ2) is 5.30. The number of nitrogens with one attached hydrogen (secondary N) is 1. The van der Waals surface area contributed by atoms with Crippen LogP contribution in [-0.2, 0) is 23.6 Å². The number of hydrogen-bond acceptors (Lipinski definition) is 6. The van der Waals surface area contributed by atoms with Crippen LogP contribution >= 0.6 is 0 Å². The van der Waals surface area contributed by atoms with E-state index in [1.807, 2.05) is 0 Å². The van der Waals surface area contributed by atoms with E-state index < -0.39 is 17.2 Å². The number of esters is 1. The standard InChI is InChI=1S/C10H14N4O4/c1-6(9(16)18-4)11-12-7-5-8(15)14(3)10(17)13(7)2/h5,12H,1-4H3/b11-6+. The predicted molar refractivity (Wildman–Crippen MR) is 65.7 cm³/mol. The van der Waals surface area contributed by atoms with Gasteiger partial charge in [-0.1, -0.05) is 0 Å². The van der Waals surface area contributed by atoms with Gasteiger partial charge >= 0.3 is 11.7 Å². The lowest BCUT2D eigenvalue weighted by molar-refractivity contribution is -0.132. The molecule has 0 saturated heterocycles. The van der Waals surface area contributed by atoms with E-state index in [2.05, 4.69) is 15.3 Å². The van der Waals surface area contributed by atoms with E-state index in [1.54, 1.807) is 0 Å². The highest BCUT2D eigenvalue weighted by Gasteiger charge is 2.07. The van der Waals surface area contributed by atoms with E-state index in [0.29, 0.717) is 0 Å². The van der Waals surface area contributed by atoms with E-state index in [4.69, 9.17) is 0 Å². The van der Waals surface area contributed by atoms with Crippen LogP contribution in [0.4, 0.5) is 5.82 Å². The summed E-state index contributed by atoms with van der Waals surface area (Å²) in [6, 6.07) is 1.20. The van der Waals surface area contributed by atoms with Crippen molar-refractivity contribution in [3.8, 4) is 0 Å². The number of nitrogens with zero attached hydrogens (tertiary/aromatic N) is 3. The van der Waals surface area contributed by atoms with E-state index in [1.165, 1.54) is 38.8 Å². The Morgan fingerprint density at radius 2 is 1.94 bits per heavy atom. The summed E-state index contributed by atoms with van der Waals surface area (Å²) in [6.45, 7) is 1.44. The molecule has 98 valence electrons. The number of hydrogen-bond donors (Lipinski definition) is 1. The third-order valence-electron chi connectivity index (χ3n) is 2.34. The van der Waals surface area contributed by atoms with Crippen LogP contribution < -0.4 is 16.7 Å². The first kappa shape index (κ1) is 13.7. The van der Waals surface area contributed by atoms with E-state index >= 15 is 0 Å². The van der Waals surface area contributed by atoms with Gasteiger partial charge in [0.1, 0.15) is 11.5 Å². The summed E-state index contributed by atoms with van der Waals surface area (Å²) < 4.78 is 6.62. The van der Waals surface area contributed by atoms with Gasteiger partial charge < -0.3 is 4.74 Å². The second-order valence-electron chi connectivity index (χ2n) is 3.57. The molecule has 0 spiro atoms. The van der Waals surface area contributed by atoms with Gasteiger partial charge in [-0.15, -0.1) is 0 Å². The molecule has 1 aromatic heterocycles. The Labute approximate surface area is 102 Å². The van der Waals surface area contributed by atoms with Gasteiger partial charge in [-0.3, -0.25) is 19.4 Å². The maximum atomic E-state index is 11.6. The summed E-state index contributed by atoms with van der Waals surface area (Å²) in [6.07, 6.45) is 0. The average Bonchev–Trinajstić information content (AvgIpc) is 2.37. The zero-order valence-electron chi connectivity index (χ0n) is 10.6. The normalized spacial score (nSPS) is 11.2. The molecular formula is C10H14N4O4. The van der Waals surface area contributed by atoms with Crippen LogP contribution in [0.3, 0.4) is 0 Å². The lowest BCUT2D eigenvalue weighted by Gasteiger charge is -2.08. The molecule has 0 bridgehead atoms. The quantitative estimate of drug-likeness (QED) is 0.426. The second-order valence-corrected chi connectivity index (χ2v) is 3.57. The third kappa shape index (κ3) is 2.65. The fourth-order valence-electron chi connectivity index (χ4n) is 1.17. The van der Waals surface area contributed by atoms with Crippen LogP contribution in [0.15, 0.2) is 20.8 Å². The number of methoxy groups -OCH3 is 1. The van der Waals surface area contributed by atoms with Crippen LogP contribution in [0.25, 0.3) is 0 Å². The minimum atomic E-state index is -0.601. The Kier molecular flexibility index (Phi) is 4.03. The number of hydrazone groups is 1. The molecule has 0 unspecified atom stereocenters. The zero-order chi connectivity index (χ0) is 13.9. The SMILES string of the molecule is COC(=O)/C(C)=N/Nc1cc(=O)n(C)c(=O)n1C. The fraction of sp³-hybridized carbons (Fsp3) is 0.400. The third-order valence-corrected chi connectivity index (χ3v) is 2.34. The molecule has 1 aromatic rings. The number of carbonyl (C=O) groups is 1. The Morgan fingerprint density at radius 3 is 2.50 bits per heavy atom. The van der Waals surface area contributed by atoms with E-state index in [9.17, 15) is 14.4 Å². The maximum absolute atomic E-state index is 11.6. The van der Waals surface area contributed by atoms with Gasteiger partial charge in [0.05, 0.1) is 7.11 Å². The Bertz CT molecular complexity index is 611. The minimum Gasteiger partial charge on any atom is -0.464 e. The summed E-state index contributed by atoms with van der Waals surface area (Å²) in [5.74, 6) is -0.414. The summed E-state index contributed by atoms with van der Waals surface area (Å²) in [4.78, 5) is 34.1. The molecule has 0 atom stereocenters. The van der Waals surface area contributed by atoms with Crippen LogP contribution in [-0.4, -0.2) is 27.9 Å². The van der Waals surface area contributed by atoms with Crippen molar-refractivity contribution in [3.63, 3.8) is 0 Å². The predicted octanol–water partition coefficient (Wildman–Crippen LogP) is -0.955. The summed E-state index contributed by atoms with van der Waals surface area (Å²) >= 11 is 0. The van der Waals surface area contributed by atoms with Crippen molar-refractivity contribution in [3.05, 3.63) is 26.9 Å². The van der Waals surface area contributed by atoms with Gasteiger partial charge in [0.15, 0.2) is 0 Å².